The van der Waals surface area contributed by atoms with Crippen molar-refractivity contribution in [2.24, 2.45) is 0 Å². The summed E-state index contributed by atoms with van der Waals surface area (Å²) in [5.74, 6) is 0.978. The highest BCUT2D eigenvalue weighted by Gasteiger charge is 2.16. The lowest BCUT2D eigenvalue weighted by Gasteiger charge is -2.27. The van der Waals surface area contributed by atoms with E-state index in [-0.39, 0.29) is 11.8 Å². The molecule has 0 aliphatic carbocycles. The number of nitrogens with one attached hydrogen (secondary N) is 3. The third-order valence-corrected chi connectivity index (χ3v) is 6.96. The summed E-state index contributed by atoms with van der Waals surface area (Å²) in [5, 5.41) is 9.19. The fourth-order valence-corrected chi connectivity index (χ4v) is 4.45. The zero-order valence-electron chi connectivity index (χ0n) is 23.6. The van der Waals surface area contributed by atoms with Crippen molar-refractivity contribution in [1.29, 1.82) is 0 Å². The number of morpholine rings is 1. The van der Waals surface area contributed by atoms with Crippen molar-refractivity contribution in [3.05, 3.63) is 71.5 Å². The van der Waals surface area contributed by atoms with E-state index in [1.54, 1.807) is 36.7 Å². The molecule has 3 N–H and O–H groups in total. The summed E-state index contributed by atoms with van der Waals surface area (Å²) in [4.78, 5) is 39.2. The average molecular weight is 546 g/mol. The van der Waals surface area contributed by atoms with Gasteiger partial charge in [0.15, 0.2) is 0 Å². The number of rotatable bonds is 12. The molecule has 0 radical (unpaired) electrons. The van der Waals surface area contributed by atoms with E-state index in [1.165, 1.54) is 0 Å². The number of ether oxygens (including phenoxy) is 1. The first-order chi connectivity index (χ1) is 19.5. The number of nitrogens with zero attached hydrogens (tertiary/aromatic N) is 4. The lowest BCUT2D eigenvalue weighted by molar-refractivity contribution is 0.101. The normalized spacial score (nSPS) is 13.2. The maximum atomic E-state index is 13.0. The van der Waals surface area contributed by atoms with Crippen LogP contribution in [0.25, 0.3) is 0 Å². The third kappa shape index (κ3) is 8.00. The van der Waals surface area contributed by atoms with Crippen molar-refractivity contribution < 1.29 is 14.3 Å². The molecule has 3 aromatic rings. The Morgan fingerprint density at radius 1 is 0.950 bits per heavy atom. The molecule has 2 amide bonds. The molecular formula is C30H39N7O3. The van der Waals surface area contributed by atoms with Crippen LogP contribution in [0, 0.1) is 6.92 Å². The Balaban J connectivity index is 1.33. The largest absolute Gasteiger partial charge is 0.378 e. The quantitative estimate of drug-likeness (QED) is 0.290. The molecule has 0 bridgehead atoms. The van der Waals surface area contributed by atoms with Crippen molar-refractivity contribution >= 4 is 34.8 Å². The number of benzene rings is 1. The standard InChI is InChI=1S/C30H39N7O3/c1-4-36(5-2)14-6-12-31-27-10-8-24(21-33-27)30(39)35-26-20-25(9-7-22(26)3)34-29(38)23-11-13-32-28(19-23)37-15-17-40-18-16-37/h7-11,13,19-21H,4-6,12,14-18H2,1-3H3,(H,31,33)(H,34,38)(H,35,39). The molecule has 1 fully saturated rings. The number of aryl methyl sites for hydroxylation is 1. The number of carbonyl (C=O) groups is 2. The van der Waals surface area contributed by atoms with Crippen LogP contribution in [0.1, 0.15) is 46.5 Å². The predicted molar refractivity (Wildman–Crippen MR) is 159 cm³/mol. The highest BCUT2D eigenvalue weighted by atomic mass is 16.5. The van der Waals surface area contributed by atoms with E-state index in [0.717, 1.165) is 62.9 Å². The number of hydrogen-bond acceptors (Lipinski definition) is 8. The number of hydrogen-bond donors (Lipinski definition) is 3. The maximum absolute atomic E-state index is 13.0. The highest BCUT2D eigenvalue weighted by molar-refractivity contribution is 6.07. The first-order valence-corrected chi connectivity index (χ1v) is 13.9. The molecule has 0 saturated carbocycles. The van der Waals surface area contributed by atoms with Gasteiger partial charge in [0.05, 0.1) is 18.8 Å². The second kappa shape index (κ2) is 14.4. The molecule has 0 unspecified atom stereocenters. The molecule has 2 aromatic heterocycles. The molecule has 1 aliphatic heterocycles. The SMILES string of the molecule is CCN(CC)CCCNc1ccc(C(=O)Nc2cc(NC(=O)c3ccnc(N4CCOCC4)c3)ccc2C)cn1. The van der Waals surface area contributed by atoms with Crippen LogP contribution in [0.5, 0.6) is 0 Å². The number of anilines is 4. The summed E-state index contributed by atoms with van der Waals surface area (Å²) in [7, 11) is 0. The van der Waals surface area contributed by atoms with E-state index in [9.17, 15) is 9.59 Å². The fourth-order valence-electron chi connectivity index (χ4n) is 4.45. The Hall–Kier alpha value is -4.02. The molecule has 212 valence electrons. The number of amides is 2. The molecule has 0 spiro atoms. The van der Waals surface area contributed by atoms with Gasteiger partial charge in [0.2, 0.25) is 0 Å². The zero-order valence-corrected chi connectivity index (χ0v) is 23.6. The van der Waals surface area contributed by atoms with Gasteiger partial charge in [-0.15, -0.1) is 0 Å². The molecule has 10 nitrogen and oxygen atoms in total. The monoisotopic (exact) mass is 545 g/mol. The second-order valence-electron chi connectivity index (χ2n) is 9.68. The molecule has 40 heavy (non-hydrogen) atoms. The Labute approximate surface area is 236 Å². The van der Waals surface area contributed by atoms with E-state index in [1.807, 2.05) is 25.1 Å². The van der Waals surface area contributed by atoms with Gasteiger partial charge in [0.1, 0.15) is 11.6 Å². The van der Waals surface area contributed by atoms with Crippen molar-refractivity contribution in [2.75, 3.05) is 73.3 Å². The second-order valence-corrected chi connectivity index (χ2v) is 9.68. The topological polar surface area (TPSA) is 112 Å². The van der Waals surface area contributed by atoms with Crippen molar-refractivity contribution in [3.8, 4) is 0 Å². The smallest absolute Gasteiger partial charge is 0.257 e. The number of carbonyl (C=O) groups excluding carboxylic acids is 2. The first-order valence-electron chi connectivity index (χ1n) is 13.9. The van der Waals surface area contributed by atoms with Crippen LogP contribution in [0.2, 0.25) is 0 Å². The Kier molecular flexibility index (Phi) is 10.4. The highest BCUT2D eigenvalue weighted by Crippen LogP contribution is 2.22. The summed E-state index contributed by atoms with van der Waals surface area (Å²) in [5.41, 5.74) is 3.04. The van der Waals surface area contributed by atoms with Gasteiger partial charge in [-0.3, -0.25) is 9.59 Å². The number of aromatic nitrogens is 2. The summed E-state index contributed by atoms with van der Waals surface area (Å²) in [6.45, 7) is 13.0. The van der Waals surface area contributed by atoms with Crippen LogP contribution >= 0.6 is 0 Å². The minimum atomic E-state index is -0.267. The molecule has 1 aromatic carbocycles. The van der Waals surface area contributed by atoms with E-state index < -0.39 is 0 Å². The van der Waals surface area contributed by atoms with E-state index in [4.69, 9.17) is 4.74 Å². The van der Waals surface area contributed by atoms with Gasteiger partial charge in [-0.05, 0) is 74.9 Å². The molecule has 4 rings (SSSR count). The van der Waals surface area contributed by atoms with Crippen LogP contribution in [0.4, 0.5) is 23.0 Å². The first kappa shape index (κ1) is 29.0. The van der Waals surface area contributed by atoms with Gasteiger partial charge >= 0.3 is 0 Å². The molecule has 1 saturated heterocycles. The van der Waals surface area contributed by atoms with Gasteiger partial charge < -0.3 is 30.5 Å². The lowest BCUT2D eigenvalue weighted by Crippen LogP contribution is -2.36. The van der Waals surface area contributed by atoms with Crippen molar-refractivity contribution in [1.82, 2.24) is 14.9 Å². The van der Waals surface area contributed by atoms with E-state index >= 15 is 0 Å². The fraction of sp³-hybridized carbons (Fsp3) is 0.400. The van der Waals surface area contributed by atoms with Gasteiger partial charge in [-0.25, -0.2) is 9.97 Å². The Bertz CT molecular complexity index is 1270. The average Bonchev–Trinajstić information content (AvgIpc) is 2.99. The van der Waals surface area contributed by atoms with E-state index in [2.05, 4.69) is 49.6 Å². The summed E-state index contributed by atoms with van der Waals surface area (Å²) in [6, 6.07) is 12.5. The third-order valence-electron chi connectivity index (χ3n) is 6.96. The molecule has 3 heterocycles. The number of pyridine rings is 2. The van der Waals surface area contributed by atoms with Crippen LogP contribution in [-0.4, -0.2) is 79.2 Å². The minimum Gasteiger partial charge on any atom is -0.378 e. The summed E-state index contributed by atoms with van der Waals surface area (Å²) in [6.07, 6.45) is 4.23. The van der Waals surface area contributed by atoms with Gasteiger partial charge in [-0.2, -0.15) is 0 Å². The van der Waals surface area contributed by atoms with Gasteiger partial charge in [0.25, 0.3) is 11.8 Å². The molecule has 0 atom stereocenters. The maximum Gasteiger partial charge on any atom is 0.257 e. The zero-order chi connectivity index (χ0) is 28.3. The van der Waals surface area contributed by atoms with Crippen LogP contribution < -0.4 is 20.9 Å². The van der Waals surface area contributed by atoms with Crippen LogP contribution in [0.3, 0.4) is 0 Å². The molecule has 10 heteroatoms. The summed E-state index contributed by atoms with van der Waals surface area (Å²) < 4.78 is 5.40. The predicted octanol–water partition coefficient (Wildman–Crippen LogP) is 4.27. The summed E-state index contributed by atoms with van der Waals surface area (Å²) >= 11 is 0. The van der Waals surface area contributed by atoms with Gasteiger partial charge in [0, 0.05) is 49.0 Å². The van der Waals surface area contributed by atoms with Crippen LogP contribution in [0.15, 0.2) is 54.9 Å². The molecule has 1 aliphatic rings. The van der Waals surface area contributed by atoms with Crippen molar-refractivity contribution in [3.63, 3.8) is 0 Å². The lowest BCUT2D eigenvalue weighted by atomic mass is 10.1. The van der Waals surface area contributed by atoms with Crippen molar-refractivity contribution in [2.45, 2.75) is 27.2 Å². The van der Waals surface area contributed by atoms with E-state index in [0.29, 0.717) is 35.7 Å². The Morgan fingerprint density at radius 3 is 2.45 bits per heavy atom. The molecular weight excluding hydrogens is 506 g/mol. The van der Waals surface area contributed by atoms with Crippen LogP contribution in [-0.2, 0) is 4.74 Å². The minimum absolute atomic E-state index is 0.248. The van der Waals surface area contributed by atoms with Gasteiger partial charge in [-0.1, -0.05) is 19.9 Å². The Morgan fingerprint density at radius 2 is 1.73 bits per heavy atom.